The number of nitro benzene ring substituents is 1. The van der Waals surface area contributed by atoms with Crippen LogP contribution in [0.25, 0.3) is 0 Å². The fourth-order valence-corrected chi connectivity index (χ4v) is 4.44. The van der Waals surface area contributed by atoms with Crippen LogP contribution in [0.1, 0.15) is 34.8 Å². The lowest BCUT2D eigenvalue weighted by Crippen LogP contribution is -2.17. The predicted molar refractivity (Wildman–Crippen MR) is 143 cm³/mol. The van der Waals surface area contributed by atoms with Gasteiger partial charge in [-0.2, -0.15) is 5.10 Å². The van der Waals surface area contributed by atoms with E-state index in [-0.39, 0.29) is 12.3 Å². The van der Waals surface area contributed by atoms with Crippen molar-refractivity contribution in [1.29, 1.82) is 0 Å². The highest BCUT2D eigenvalue weighted by atomic mass is 79.9. The van der Waals surface area contributed by atoms with Crippen molar-refractivity contribution in [3.8, 4) is 17.2 Å². The van der Waals surface area contributed by atoms with Gasteiger partial charge in [0.05, 0.1) is 29.3 Å². The topological polar surface area (TPSA) is 112 Å². The first-order chi connectivity index (χ1) is 17.3. The highest BCUT2D eigenvalue weighted by Crippen LogP contribution is 2.33. The number of hydrazone groups is 1. The maximum Gasteiger partial charge on any atom is 0.271 e. The third-order valence-corrected chi connectivity index (χ3v) is 5.87. The van der Waals surface area contributed by atoms with Crippen LogP contribution in [0, 0.1) is 10.1 Å². The van der Waals surface area contributed by atoms with E-state index in [1.165, 1.54) is 25.5 Å². The zero-order valence-corrected chi connectivity index (χ0v) is 22.7. The van der Waals surface area contributed by atoms with Crippen molar-refractivity contribution in [1.82, 2.24) is 5.43 Å². The van der Waals surface area contributed by atoms with Crippen LogP contribution >= 0.6 is 31.9 Å². The van der Waals surface area contributed by atoms with Gasteiger partial charge in [0.2, 0.25) is 0 Å². The monoisotopic (exact) mass is 619 g/mol. The first-order valence-corrected chi connectivity index (χ1v) is 12.4. The zero-order valence-electron chi connectivity index (χ0n) is 19.5. The van der Waals surface area contributed by atoms with Gasteiger partial charge in [-0.05, 0) is 70.4 Å². The molecule has 0 heterocycles. The van der Waals surface area contributed by atoms with Gasteiger partial charge in [0.15, 0.2) is 11.5 Å². The molecule has 9 nitrogen and oxygen atoms in total. The van der Waals surface area contributed by atoms with Crippen LogP contribution in [0.2, 0.25) is 0 Å². The van der Waals surface area contributed by atoms with Gasteiger partial charge in [-0.1, -0.05) is 22.9 Å². The number of halogens is 2. The molecule has 0 bridgehead atoms. The minimum Gasteiger partial charge on any atom is -0.493 e. The van der Waals surface area contributed by atoms with Gasteiger partial charge in [0.25, 0.3) is 11.6 Å². The molecule has 0 radical (unpaired) electrons. The lowest BCUT2D eigenvalue weighted by atomic mass is 10.2. The largest absolute Gasteiger partial charge is 0.493 e. The van der Waals surface area contributed by atoms with Crippen LogP contribution in [0.4, 0.5) is 5.69 Å². The van der Waals surface area contributed by atoms with Crippen molar-refractivity contribution in [2.45, 2.75) is 20.0 Å². The molecule has 188 valence electrons. The molecule has 3 aromatic carbocycles. The Balaban J connectivity index is 1.72. The van der Waals surface area contributed by atoms with Gasteiger partial charge in [-0.25, -0.2) is 5.43 Å². The van der Waals surface area contributed by atoms with Gasteiger partial charge < -0.3 is 14.2 Å². The quantitative estimate of drug-likeness (QED) is 0.154. The fraction of sp³-hybridized carbons (Fsp3) is 0.200. The van der Waals surface area contributed by atoms with Gasteiger partial charge in [-0.15, -0.1) is 0 Å². The normalized spacial score (nSPS) is 10.8. The zero-order chi connectivity index (χ0) is 26.1. The first kappa shape index (κ1) is 27.2. The van der Waals surface area contributed by atoms with E-state index in [4.69, 9.17) is 14.2 Å². The Hall–Kier alpha value is -3.44. The van der Waals surface area contributed by atoms with Gasteiger partial charge >= 0.3 is 0 Å². The number of methoxy groups -OCH3 is 1. The average Bonchev–Trinajstić information content (AvgIpc) is 2.86. The lowest BCUT2D eigenvalue weighted by Gasteiger charge is -2.12. The number of ether oxygens (including phenoxy) is 3. The highest BCUT2D eigenvalue weighted by Gasteiger charge is 2.13. The van der Waals surface area contributed by atoms with Crippen LogP contribution in [0.3, 0.4) is 0 Å². The molecule has 0 saturated carbocycles. The molecule has 11 heteroatoms. The molecule has 0 fully saturated rings. The van der Waals surface area contributed by atoms with Crippen molar-refractivity contribution in [2.24, 2.45) is 5.10 Å². The van der Waals surface area contributed by atoms with Gasteiger partial charge in [-0.3, -0.25) is 14.9 Å². The molecule has 0 aliphatic carbocycles. The van der Waals surface area contributed by atoms with Crippen molar-refractivity contribution in [3.05, 3.63) is 90.3 Å². The predicted octanol–water partition coefficient (Wildman–Crippen LogP) is 6.26. The van der Waals surface area contributed by atoms with E-state index in [1.807, 2.05) is 13.0 Å². The van der Waals surface area contributed by atoms with Crippen LogP contribution < -0.4 is 19.6 Å². The van der Waals surface area contributed by atoms with E-state index in [9.17, 15) is 14.9 Å². The van der Waals surface area contributed by atoms with Crippen LogP contribution in [0.15, 0.2) is 68.6 Å². The Morgan fingerprint density at radius 2 is 1.83 bits per heavy atom. The second-order valence-corrected chi connectivity index (χ2v) is 9.20. The standard InChI is InChI=1S/C25H23Br2N3O6/c1-3-10-35-22-9-6-17(12-23(22)34-2)25(31)29-28-14-18-11-19(26)13-21(27)24(18)36-15-16-4-7-20(8-5-16)30(32)33/h4-9,11-14H,3,10,15H2,1-2H3,(H,29,31)/b28-14+. The molecule has 0 aromatic heterocycles. The maximum absolute atomic E-state index is 12.6. The van der Waals surface area contributed by atoms with Crippen molar-refractivity contribution in [2.75, 3.05) is 13.7 Å². The summed E-state index contributed by atoms with van der Waals surface area (Å²) >= 11 is 6.92. The molecule has 0 aliphatic rings. The Morgan fingerprint density at radius 3 is 2.50 bits per heavy atom. The summed E-state index contributed by atoms with van der Waals surface area (Å²) in [4.78, 5) is 23.0. The highest BCUT2D eigenvalue weighted by molar-refractivity contribution is 9.11. The Bertz CT molecular complexity index is 1270. The van der Waals surface area contributed by atoms with Crippen molar-refractivity contribution in [3.63, 3.8) is 0 Å². The third kappa shape index (κ3) is 7.28. The second kappa shape index (κ2) is 13.0. The number of nitrogens with one attached hydrogen (secondary N) is 1. The first-order valence-electron chi connectivity index (χ1n) is 10.8. The molecule has 0 aliphatic heterocycles. The van der Waals surface area contributed by atoms with E-state index in [0.29, 0.717) is 39.5 Å². The molecule has 3 rings (SSSR count). The van der Waals surface area contributed by atoms with E-state index in [2.05, 4.69) is 42.4 Å². The number of carbonyl (C=O) groups excluding carboxylic acids is 1. The maximum atomic E-state index is 12.6. The summed E-state index contributed by atoms with van der Waals surface area (Å²) in [6, 6.07) is 14.6. The number of rotatable bonds is 11. The number of hydrogen-bond acceptors (Lipinski definition) is 7. The van der Waals surface area contributed by atoms with Gasteiger partial charge in [0.1, 0.15) is 12.4 Å². The van der Waals surface area contributed by atoms with E-state index >= 15 is 0 Å². The SMILES string of the molecule is CCCOc1ccc(C(=O)N/N=C/c2cc(Br)cc(Br)c2OCc2ccc([N+](=O)[O-])cc2)cc1OC. The molecule has 3 aromatic rings. The Morgan fingerprint density at radius 1 is 1.08 bits per heavy atom. The lowest BCUT2D eigenvalue weighted by molar-refractivity contribution is -0.384. The number of nitro groups is 1. The van der Waals surface area contributed by atoms with Crippen LogP contribution in [0.5, 0.6) is 17.2 Å². The summed E-state index contributed by atoms with van der Waals surface area (Å²) in [5.41, 5.74) is 4.22. The molecule has 0 spiro atoms. The fourth-order valence-electron chi connectivity index (χ4n) is 3.06. The van der Waals surface area contributed by atoms with Crippen LogP contribution in [-0.4, -0.2) is 30.8 Å². The molecular weight excluding hydrogens is 598 g/mol. The molecule has 0 atom stereocenters. The number of carbonyl (C=O) groups is 1. The molecule has 1 N–H and O–H groups in total. The van der Waals surface area contributed by atoms with Crippen molar-refractivity contribution < 1.29 is 23.9 Å². The smallest absolute Gasteiger partial charge is 0.271 e. The summed E-state index contributed by atoms with van der Waals surface area (Å²) in [5.74, 6) is 1.09. The summed E-state index contributed by atoms with van der Waals surface area (Å²) in [7, 11) is 1.51. The summed E-state index contributed by atoms with van der Waals surface area (Å²) in [6.07, 6.45) is 2.32. The van der Waals surface area contributed by atoms with Crippen LogP contribution in [-0.2, 0) is 6.61 Å². The Kier molecular flexibility index (Phi) is 9.83. The molecular formula is C25H23Br2N3O6. The van der Waals surface area contributed by atoms with E-state index in [0.717, 1.165) is 16.5 Å². The molecule has 1 amide bonds. The summed E-state index contributed by atoms with van der Waals surface area (Å²) < 4.78 is 18.3. The molecule has 0 unspecified atom stereocenters. The summed E-state index contributed by atoms with van der Waals surface area (Å²) in [5, 5.41) is 14.9. The van der Waals surface area contributed by atoms with Gasteiger partial charge in [0, 0.05) is 27.7 Å². The third-order valence-electron chi connectivity index (χ3n) is 4.82. The van der Waals surface area contributed by atoms with E-state index in [1.54, 1.807) is 36.4 Å². The minimum atomic E-state index is -0.455. The van der Waals surface area contributed by atoms with E-state index < -0.39 is 10.8 Å². The number of nitrogens with zero attached hydrogens (tertiary/aromatic N) is 2. The number of benzene rings is 3. The average molecular weight is 621 g/mol. The second-order valence-electron chi connectivity index (χ2n) is 7.43. The Labute approximate surface area is 224 Å². The number of amides is 1. The molecule has 36 heavy (non-hydrogen) atoms. The van der Waals surface area contributed by atoms with Crippen molar-refractivity contribution >= 4 is 49.7 Å². The number of hydrogen-bond donors (Lipinski definition) is 1. The summed E-state index contributed by atoms with van der Waals surface area (Å²) in [6.45, 7) is 2.73. The number of non-ortho nitro benzene ring substituents is 1. The molecule has 0 saturated heterocycles. The minimum absolute atomic E-state index is 0.00730.